The maximum Gasteiger partial charge on any atom is 0.246 e. The lowest BCUT2D eigenvalue weighted by molar-refractivity contribution is -0.154. The molecule has 1 aliphatic rings. The number of unbranched alkanes of at least 4 members (excludes halogenated alkanes) is 1. The number of amides is 2. The van der Waals surface area contributed by atoms with E-state index in [9.17, 15) is 9.59 Å². The Balaban J connectivity index is 3.01. The van der Waals surface area contributed by atoms with E-state index in [1.165, 1.54) is 0 Å². The van der Waals surface area contributed by atoms with Gasteiger partial charge in [0.1, 0.15) is 12.1 Å². The molecule has 2 amide bonds. The minimum absolute atomic E-state index is 0.00868. The smallest absolute Gasteiger partial charge is 0.246 e. The van der Waals surface area contributed by atoms with Crippen LogP contribution in [0.2, 0.25) is 0 Å². The van der Waals surface area contributed by atoms with Gasteiger partial charge in [-0.3, -0.25) is 9.59 Å². The Morgan fingerprint density at radius 3 is 2.26 bits per heavy atom. The van der Waals surface area contributed by atoms with Crippen LogP contribution in [0.4, 0.5) is 0 Å². The molecule has 4 heteroatoms. The summed E-state index contributed by atoms with van der Waals surface area (Å²) in [7, 11) is 0. The molecule has 0 bridgehead atoms. The Morgan fingerprint density at radius 2 is 1.84 bits per heavy atom. The normalized spacial score (nSPS) is 24.9. The fourth-order valence-corrected chi connectivity index (χ4v) is 2.56. The van der Waals surface area contributed by atoms with E-state index in [0.29, 0.717) is 6.54 Å². The van der Waals surface area contributed by atoms with E-state index in [1.807, 2.05) is 34.6 Å². The summed E-state index contributed by atoms with van der Waals surface area (Å²) in [4.78, 5) is 26.8. The first-order chi connectivity index (χ1) is 8.70. The first-order valence-corrected chi connectivity index (χ1v) is 7.31. The molecule has 1 rings (SSSR count). The zero-order valence-electron chi connectivity index (χ0n) is 13.1. The quantitative estimate of drug-likeness (QED) is 0.849. The summed E-state index contributed by atoms with van der Waals surface area (Å²) in [5, 5.41) is 2.91. The third kappa shape index (κ3) is 3.48. The average Bonchev–Trinajstić information content (AvgIpc) is 2.27. The molecule has 0 aliphatic carbocycles. The maximum atomic E-state index is 12.6. The molecule has 0 saturated carbocycles. The highest BCUT2D eigenvalue weighted by Gasteiger charge is 2.45. The number of hydrogen-bond donors (Lipinski definition) is 1. The van der Waals surface area contributed by atoms with Crippen LogP contribution < -0.4 is 5.32 Å². The predicted octanol–water partition coefficient (Wildman–Crippen LogP) is 2.18. The van der Waals surface area contributed by atoms with Crippen molar-refractivity contribution in [3.63, 3.8) is 0 Å². The molecule has 1 fully saturated rings. The van der Waals surface area contributed by atoms with Gasteiger partial charge in [-0.15, -0.1) is 0 Å². The van der Waals surface area contributed by atoms with Gasteiger partial charge in [-0.05, 0) is 17.8 Å². The van der Waals surface area contributed by atoms with Crippen LogP contribution in [0, 0.1) is 11.3 Å². The number of rotatable bonds is 4. The average molecular weight is 268 g/mol. The monoisotopic (exact) mass is 268 g/mol. The van der Waals surface area contributed by atoms with Crippen LogP contribution in [0.3, 0.4) is 0 Å². The molecule has 0 aromatic heterocycles. The molecule has 1 N–H and O–H groups in total. The summed E-state index contributed by atoms with van der Waals surface area (Å²) in [5.74, 6) is 0.201. The fraction of sp³-hybridized carbons (Fsp3) is 0.867. The molecule has 1 aliphatic heterocycles. The third-order valence-electron chi connectivity index (χ3n) is 3.67. The van der Waals surface area contributed by atoms with E-state index in [0.717, 1.165) is 12.8 Å². The van der Waals surface area contributed by atoms with Gasteiger partial charge in [0, 0.05) is 6.54 Å². The third-order valence-corrected chi connectivity index (χ3v) is 3.67. The van der Waals surface area contributed by atoms with Crippen LogP contribution in [0.5, 0.6) is 0 Å². The van der Waals surface area contributed by atoms with Crippen molar-refractivity contribution in [1.82, 2.24) is 10.2 Å². The van der Waals surface area contributed by atoms with Crippen molar-refractivity contribution in [3.05, 3.63) is 0 Å². The van der Waals surface area contributed by atoms with E-state index in [1.54, 1.807) is 4.90 Å². The highest BCUT2D eigenvalue weighted by atomic mass is 16.2. The second-order valence-electron chi connectivity index (χ2n) is 6.88. The summed E-state index contributed by atoms with van der Waals surface area (Å²) in [6.07, 6.45) is 1.97. The molecular formula is C15H28N2O2. The molecule has 110 valence electrons. The zero-order valence-corrected chi connectivity index (χ0v) is 13.1. The van der Waals surface area contributed by atoms with Crippen LogP contribution in [-0.4, -0.2) is 35.3 Å². The molecule has 0 spiro atoms. The Bertz CT molecular complexity index is 345. The number of piperazine rings is 1. The fourth-order valence-electron chi connectivity index (χ4n) is 2.56. The standard InChI is InChI=1S/C15H28N2O2/c1-7-8-9-17-11(10(2)3)13(18)16-12(14(17)19)15(4,5)6/h10-12H,7-9H2,1-6H3,(H,16,18). The molecular weight excluding hydrogens is 240 g/mol. The Hall–Kier alpha value is -1.06. The summed E-state index contributed by atoms with van der Waals surface area (Å²) >= 11 is 0. The molecule has 0 aromatic rings. The van der Waals surface area contributed by atoms with Crippen LogP contribution in [-0.2, 0) is 9.59 Å². The Labute approximate surface area is 116 Å². The van der Waals surface area contributed by atoms with Crippen molar-refractivity contribution in [2.75, 3.05) is 6.54 Å². The van der Waals surface area contributed by atoms with Crippen LogP contribution >= 0.6 is 0 Å². The van der Waals surface area contributed by atoms with Crippen molar-refractivity contribution in [2.24, 2.45) is 11.3 Å². The molecule has 1 saturated heterocycles. The lowest BCUT2D eigenvalue weighted by Gasteiger charge is -2.44. The topological polar surface area (TPSA) is 49.4 Å². The summed E-state index contributed by atoms with van der Waals surface area (Å²) < 4.78 is 0. The zero-order chi connectivity index (χ0) is 14.8. The molecule has 0 aromatic carbocycles. The van der Waals surface area contributed by atoms with Gasteiger partial charge in [0.15, 0.2) is 0 Å². The number of carbonyl (C=O) groups is 2. The van der Waals surface area contributed by atoms with Gasteiger partial charge in [-0.1, -0.05) is 48.0 Å². The van der Waals surface area contributed by atoms with Crippen molar-refractivity contribution >= 4 is 11.8 Å². The highest BCUT2D eigenvalue weighted by molar-refractivity contribution is 5.97. The predicted molar refractivity (Wildman–Crippen MR) is 76.6 cm³/mol. The SMILES string of the molecule is CCCCN1C(=O)C(C(C)(C)C)NC(=O)C1C(C)C. The van der Waals surface area contributed by atoms with Gasteiger partial charge in [0.25, 0.3) is 0 Å². The summed E-state index contributed by atoms with van der Waals surface area (Å²) in [5.41, 5.74) is -0.251. The van der Waals surface area contributed by atoms with Crippen LogP contribution in [0.15, 0.2) is 0 Å². The van der Waals surface area contributed by atoms with Gasteiger partial charge >= 0.3 is 0 Å². The van der Waals surface area contributed by atoms with Crippen LogP contribution in [0.25, 0.3) is 0 Å². The number of nitrogens with zero attached hydrogens (tertiary/aromatic N) is 1. The van der Waals surface area contributed by atoms with Crippen LogP contribution in [0.1, 0.15) is 54.4 Å². The molecule has 4 nitrogen and oxygen atoms in total. The molecule has 19 heavy (non-hydrogen) atoms. The van der Waals surface area contributed by atoms with Crippen molar-refractivity contribution in [2.45, 2.75) is 66.5 Å². The highest BCUT2D eigenvalue weighted by Crippen LogP contribution is 2.27. The number of carbonyl (C=O) groups excluding carboxylic acids is 2. The first kappa shape index (κ1) is 16.0. The number of hydrogen-bond acceptors (Lipinski definition) is 2. The maximum absolute atomic E-state index is 12.6. The molecule has 2 atom stereocenters. The second kappa shape index (κ2) is 5.93. The van der Waals surface area contributed by atoms with Crippen molar-refractivity contribution in [1.29, 1.82) is 0 Å². The number of nitrogens with one attached hydrogen (secondary N) is 1. The van der Waals surface area contributed by atoms with E-state index in [4.69, 9.17) is 0 Å². The first-order valence-electron chi connectivity index (χ1n) is 7.31. The summed E-state index contributed by atoms with van der Waals surface area (Å²) in [6.45, 7) is 12.7. The van der Waals surface area contributed by atoms with Gasteiger partial charge in [0.2, 0.25) is 11.8 Å². The van der Waals surface area contributed by atoms with Gasteiger partial charge < -0.3 is 10.2 Å². The van der Waals surface area contributed by atoms with E-state index >= 15 is 0 Å². The largest absolute Gasteiger partial charge is 0.342 e. The van der Waals surface area contributed by atoms with E-state index in [-0.39, 0.29) is 29.2 Å². The van der Waals surface area contributed by atoms with Gasteiger partial charge in [-0.25, -0.2) is 0 Å². The molecule has 2 unspecified atom stereocenters. The summed E-state index contributed by atoms with van der Waals surface area (Å²) in [6, 6.07) is -0.732. The molecule has 0 radical (unpaired) electrons. The van der Waals surface area contributed by atoms with Gasteiger partial charge in [0.05, 0.1) is 0 Å². The van der Waals surface area contributed by atoms with Crippen molar-refractivity contribution < 1.29 is 9.59 Å². The van der Waals surface area contributed by atoms with E-state index < -0.39 is 6.04 Å². The van der Waals surface area contributed by atoms with Crippen molar-refractivity contribution in [3.8, 4) is 0 Å². The lowest BCUT2D eigenvalue weighted by atomic mass is 9.82. The second-order valence-corrected chi connectivity index (χ2v) is 6.88. The molecule has 1 heterocycles. The lowest BCUT2D eigenvalue weighted by Crippen LogP contribution is -2.67. The van der Waals surface area contributed by atoms with Gasteiger partial charge in [-0.2, -0.15) is 0 Å². The Kier molecular flexibility index (Phi) is 4.99. The van der Waals surface area contributed by atoms with E-state index in [2.05, 4.69) is 12.2 Å². The Morgan fingerprint density at radius 1 is 1.26 bits per heavy atom. The minimum Gasteiger partial charge on any atom is -0.342 e. The minimum atomic E-state index is -0.410.